The molecule has 48 heavy (non-hydrogen) atoms. The number of hydrogen-bond acceptors (Lipinski definition) is 8. The predicted octanol–water partition coefficient (Wildman–Crippen LogP) is 6.66. The maximum Gasteiger partial charge on any atom is 0.310 e. The lowest BCUT2D eigenvalue weighted by Gasteiger charge is -2.32. The lowest BCUT2D eigenvalue weighted by Crippen LogP contribution is -2.47. The quantitative estimate of drug-likeness (QED) is 0.263. The zero-order valence-electron chi connectivity index (χ0n) is 28.7. The highest BCUT2D eigenvalue weighted by molar-refractivity contribution is 6.36. The van der Waals surface area contributed by atoms with E-state index in [4.69, 9.17) is 25.8 Å². The summed E-state index contributed by atoms with van der Waals surface area (Å²) in [7, 11) is 1.53. The second-order valence-electron chi connectivity index (χ2n) is 14.9. The van der Waals surface area contributed by atoms with Crippen molar-refractivity contribution in [1.82, 2.24) is 9.88 Å². The summed E-state index contributed by atoms with van der Waals surface area (Å²) in [6.45, 7) is 9.53. The van der Waals surface area contributed by atoms with Crippen LogP contribution >= 0.6 is 11.6 Å². The van der Waals surface area contributed by atoms with Crippen molar-refractivity contribution in [3.05, 3.63) is 41.6 Å². The summed E-state index contributed by atoms with van der Waals surface area (Å²) in [6, 6.07) is 4.41. The van der Waals surface area contributed by atoms with Crippen LogP contribution in [0.5, 0.6) is 11.6 Å². The highest BCUT2D eigenvalue weighted by Crippen LogP contribution is 2.57. The van der Waals surface area contributed by atoms with Crippen LogP contribution in [0.15, 0.2) is 36.5 Å². The zero-order valence-corrected chi connectivity index (χ0v) is 29.4. The van der Waals surface area contributed by atoms with Crippen LogP contribution in [0.3, 0.4) is 0 Å². The minimum atomic E-state index is -1.19. The van der Waals surface area contributed by atoms with Gasteiger partial charge in [0.2, 0.25) is 11.8 Å². The second-order valence-corrected chi connectivity index (χ2v) is 15.3. The van der Waals surface area contributed by atoms with Gasteiger partial charge in [0.1, 0.15) is 17.5 Å². The lowest BCUT2D eigenvalue weighted by atomic mass is 9.82. The van der Waals surface area contributed by atoms with E-state index in [1.807, 2.05) is 25.1 Å². The van der Waals surface area contributed by atoms with E-state index in [2.05, 4.69) is 11.9 Å². The van der Waals surface area contributed by atoms with Crippen molar-refractivity contribution in [3.8, 4) is 11.6 Å². The van der Waals surface area contributed by atoms with E-state index in [0.717, 1.165) is 12.8 Å². The average molecular weight is 683 g/mol. The molecule has 7 atom stereocenters. The number of methoxy groups -OCH3 is 1. The number of fused-ring (bicyclic) bond motifs is 3. The van der Waals surface area contributed by atoms with E-state index in [1.165, 1.54) is 18.2 Å². The Morgan fingerprint density at radius 1 is 1.17 bits per heavy atom. The minimum absolute atomic E-state index is 0.0709. The number of aliphatic carboxylic acids is 1. The number of rotatable bonds is 6. The van der Waals surface area contributed by atoms with E-state index in [9.17, 15) is 24.3 Å². The molecule has 2 aromatic rings. The topological polar surface area (TPSA) is 132 Å². The molecule has 1 amide bonds. The number of hydrogen-bond donors (Lipinski definition) is 1. The van der Waals surface area contributed by atoms with Gasteiger partial charge in [-0.3, -0.25) is 19.2 Å². The maximum atomic E-state index is 14.6. The Balaban J connectivity index is 1.51. The van der Waals surface area contributed by atoms with Gasteiger partial charge >= 0.3 is 11.9 Å². The largest absolute Gasteiger partial charge is 0.494 e. The summed E-state index contributed by atoms with van der Waals surface area (Å²) >= 11 is 6.52. The number of carboxylic acid groups (broad SMARTS) is 1. The Bertz CT molecular complexity index is 1600. The number of Topliss-reactive ketones (excluding diaryl/α,β-unsaturated/α-hetero) is 1. The molecule has 1 saturated heterocycles. The van der Waals surface area contributed by atoms with Crippen molar-refractivity contribution in [2.45, 2.75) is 97.3 Å². The van der Waals surface area contributed by atoms with E-state index in [0.29, 0.717) is 34.4 Å². The standard InChI is InChI=1S/C37H47ClN2O8/c1-21-10-7-8-11-23-17-37(23,35(44)45)18-29(41)28-15-24(47-33-25-12-9-13-27(38)32(25)30(46-6)19-39-33)20-40(28)34(43)26(22(2)14-21)16-31(42)48-36(3,4)5/h8-9,11-13,19,21-24,26,28H,7,10,14-18,20H2,1-6H3,(H,44,45)/b11-8-/t21?,22-,23-,24-,26?,28+,37-/m1/s1. The van der Waals surface area contributed by atoms with E-state index < -0.39 is 41.0 Å². The van der Waals surface area contributed by atoms with Crippen LogP contribution in [0.2, 0.25) is 5.02 Å². The van der Waals surface area contributed by atoms with Crippen molar-refractivity contribution in [2.75, 3.05) is 13.7 Å². The minimum Gasteiger partial charge on any atom is -0.494 e. The number of amides is 1. The molecule has 11 heteroatoms. The van der Waals surface area contributed by atoms with Crippen molar-refractivity contribution in [2.24, 2.45) is 29.1 Å². The van der Waals surface area contributed by atoms with Gasteiger partial charge in [-0.2, -0.15) is 0 Å². The van der Waals surface area contributed by atoms with Gasteiger partial charge in [-0.1, -0.05) is 43.7 Å². The molecule has 0 bridgehead atoms. The monoisotopic (exact) mass is 682 g/mol. The number of allylic oxidation sites excluding steroid dienone is 2. The number of halogens is 1. The third kappa shape index (κ3) is 7.64. The Hall–Kier alpha value is -3.66. The second kappa shape index (κ2) is 14.1. The SMILES string of the molecule is COc1cnc(O[C@@H]2C[C@H]3C(=O)C[C@]4(C(=O)O)C[C@H]4/C=C\CCC(C)C[C@@H](C)C(CC(=O)OC(C)(C)C)C(=O)N3C2)c2cccc(Cl)c12. The number of carbonyl (C=O) groups excluding carboxylic acids is 3. The highest BCUT2D eigenvalue weighted by atomic mass is 35.5. The molecule has 260 valence electrons. The van der Waals surface area contributed by atoms with Gasteiger partial charge in [0, 0.05) is 23.6 Å². The molecular weight excluding hydrogens is 636 g/mol. The molecule has 3 heterocycles. The summed E-state index contributed by atoms with van der Waals surface area (Å²) in [5, 5.41) is 12.0. The number of nitrogens with zero attached hydrogens (tertiary/aromatic N) is 2. The molecule has 3 aliphatic rings. The molecule has 2 aliphatic heterocycles. The summed E-state index contributed by atoms with van der Waals surface area (Å²) in [4.78, 5) is 60.4. The number of carbonyl (C=O) groups is 4. The van der Waals surface area contributed by atoms with Crippen LogP contribution in [0.1, 0.15) is 79.6 Å². The first kappa shape index (κ1) is 35.6. The fraction of sp³-hybridized carbons (Fsp3) is 0.595. The van der Waals surface area contributed by atoms with E-state index >= 15 is 0 Å². The van der Waals surface area contributed by atoms with Gasteiger partial charge in [-0.05, 0) is 76.3 Å². The van der Waals surface area contributed by atoms with Gasteiger partial charge in [0.05, 0.1) is 48.7 Å². The number of ketones is 1. The van der Waals surface area contributed by atoms with Crippen molar-refractivity contribution < 1.29 is 38.5 Å². The summed E-state index contributed by atoms with van der Waals surface area (Å²) < 4.78 is 17.6. The summed E-state index contributed by atoms with van der Waals surface area (Å²) in [5.74, 6) is -2.29. The van der Waals surface area contributed by atoms with Crippen molar-refractivity contribution >= 4 is 46.0 Å². The van der Waals surface area contributed by atoms with Crippen LogP contribution in [-0.2, 0) is 23.9 Å². The normalized spacial score (nSPS) is 30.4. The first-order valence-corrected chi connectivity index (χ1v) is 17.2. The number of aromatic nitrogens is 1. The van der Waals surface area contributed by atoms with Crippen molar-refractivity contribution in [1.29, 1.82) is 0 Å². The van der Waals surface area contributed by atoms with Gasteiger partial charge in [-0.15, -0.1) is 0 Å². The Kier molecular flexibility index (Phi) is 10.4. The first-order chi connectivity index (χ1) is 22.6. The molecule has 10 nitrogen and oxygen atoms in total. The molecule has 2 unspecified atom stereocenters. The predicted molar refractivity (Wildman–Crippen MR) is 181 cm³/mol. The number of esters is 1. The third-order valence-electron chi connectivity index (χ3n) is 10.0. The van der Waals surface area contributed by atoms with Crippen LogP contribution in [0, 0.1) is 29.1 Å². The number of benzene rings is 1. The maximum absolute atomic E-state index is 14.6. The Morgan fingerprint density at radius 2 is 1.92 bits per heavy atom. The molecule has 1 N–H and O–H groups in total. The van der Waals surface area contributed by atoms with E-state index in [-0.39, 0.29) is 61.1 Å². The molecule has 0 radical (unpaired) electrons. The smallest absolute Gasteiger partial charge is 0.310 e. The summed E-state index contributed by atoms with van der Waals surface area (Å²) in [6.07, 6.45) is 7.39. The van der Waals surface area contributed by atoms with Crippen LogP contribution < -0.4 is 9.47 Å². The summed E-state index contributed by atoms with van der Waals surface area (Å²) in [5.41, 5.74) is -1.92. The number of ether oxygens (including phenoxy) is 3. The fourth-order valence-corrected chi connectivity index (χ4v) is 7.71. The molecule has 1 aliphatic carbocycles. The van der Waals surface area contributed by atoms with Crippen LogP contribution in [0.4, 0.5) is 0 Å². The van der Waals surface area contributed by atoms with Gasteiger partial charge < -0.3 is 24.2 Å². The molecule has 1 aromatic heterocycles. The first-order valence-electron chi connectivity index (χ1n) is 16.9. The van der Waals surface area contributed by atoms with Crippen LogP contribution in [-0.4, -0.2) is 70.0 Å². The molecule has 1 aromatic carbocycles. The van der Waals surface area contributed by atoms with Gasteiger partial charge in [-0.25, -0.2) is 4.98 Å². The van der Waals surface area contributed by atoms with Crippen molar-refractivity contribution in [3.63, 3.8) is 0 Å². The van der Waals surface area contributed by atoms with E-state index in [1.54, 1.807) is 32.9 Å². The lowest BCUT2D eigenvalue weighted by molar-refractivity contribution is -0.160. The van der Waals surface area contributed by atoms with Crippen LogP contribution in [0.25, 0.3) is 10.8 Å². The molecule has 2 fully saturated rings. The molecule has 0 spiro atoms. The molecule has 1 saturated carbocycles. The third-order valence-corrected chi connectivity index (χ3v) is 10.3. The highest BCUT2D eigenvalue weighted by Gasteiger charge is 2.61. The Morgan fingerprint density at radius 3 is 2.60 bits per heavy atom. The molecule has 5 rings (SSSR count). The van der Waals surface area contributed by atoms with Gasteiger partial charge in [0.25, 0.3) is 0 Å². The van der Waals surface area contributed by atoms with Gasteiger partial charge in [0.15, 0.2) is 5.78 Å². The number of carboxylic acids is 1. The number of pyridine rings is 1. The average Bonchev–Trinajstić information content (AvgIpc) is 3.54. The molecular formula is C37H47ClN2O8. The fourth-order valence-electron chi connectivity index (χ4n) is 7.45. The Labute approximate surface area is 287 Å². The zero-order chi connectivity index (χ0) is 35.0.